The number of halogens is 2. The number of alkyl halides is 2. The molecule has 18 heavy (non-hydrogen) atoms. The highest BCUT2D eigenvalue weighted by molar-refractivity contribution is 4.88. The molecule has 0 heterocycles. The number of allylic oxidation sites excluding steroid dienone is 1. The van der Waals surface area contributed by atoms with Gasteiger partial charge in [0, 0.05) is 12.8 Å². The summed E-state index contributed by atoms with van der Waals surface area (Å²) in [5, 5.41) is 3.37. The molecule has 1 aliphatic carbocycles. The van der Waals surface area contributed by atoms with Crippen molar-refractivity contribution in [2.75, 3.05) is 13.1 Å². The second-order valence-electron chi connectivity index (χ2n) is 5.91. The van der Waals surface area contributed by atoms with Gasteiger partial charge in [0.15, 0.2) is 0 Å². The predicted octanol–water partition coefficient (Wildman–Crippen LogP) is 4.39. The lowest BCUT2D eigenvalue weighted by Crippen LogP contribution is -2.25. The van der Waals surface area contributed by atoms with Crippen LogP contribution in [0.25, 0.3) is 0 Å². The molecule has 106 valence electrons. The third-order valence-electron chi connectivity index (χ3n) is 3.42. The van der Waals surface area contributed by atoms with E-state index in [1.807, 2.05) is 0 Å². The highest BCUT2D eigenvalue weighted by Crippen LogP contribution is 2.38. The van der Waals surface area contributed by atoms with Gasteiger partial charge in [-0.05, 0) is 50.6 Å². The lowest BCUT2D eigenvalue weighted by Gasteiger charge is -2.28. The van der Waals surface area contributed by atoms with E-state index in [1.54, 1.807) is 0 Å². The zero-order valence-electron chi connectivity index (χ0n) is 11.7. The maximum atomic E-state index is 13.2. The van der Waals surface area contributed by atoms with E-state index in [4.69, 9.17) is 0 Å². The average molecular weight is 259 g/mol. The number of hydrogen-bond donors (Lipinski definition) is 1. The molecule has 0 aliphatic heterocycles. The first-order chi connectivity index (χ1) is 8.49. The van der Waals surface area contributed by atoms with Crippen molar-refractivity contribution in [2.45, 2.75) is 58.3 Å². The van der Waals surface area contributed by atoms with Gasteiger partial charge in [0.05, 0.1) is 0 Å². The fourth-order valence-electron chi connectivity index (χ4n) is 2.46. The van der Waals surface area contributed by atoms with Crippen LogP contribution in [-0.2, 0) is 0 Å². The molecule has 1 nitrogen and oxygen atoms in total. The predicted molar refractivity (Wildman–Crippen MR) is 73.0 cm³/mol. The molecule has 0 aromatic heterocycles. The lowest BCUT2D eigenvalue weighted by molar-refractivity contribution is -0.0518. The Morgan fingerprint density at radius 2 is 2.11 bits per heavy atom. The van der Waals surface area contributed by atoms with Gasteiger partial charge in [0.2, 0.25) is 5.92 Å². The summed E-state index contributed by atoms with van der Waals surface area (Å²) in [6.07, 6.45) is 7.85. The number of rotatable bonds is 7. The van der Waals surface area contributed by atoms with E-state index in [2.05, 4.69) is 31.3 Å². The van der Waals surface area contributed by atoms with Gasteiger partial charge in [-0.25, -0.2) is 8.78 Å². The fraction of sp³-hybridized carbons (Fsp3) is 0.867. The fourth-order valence-corrected chi connectivity index (χ4v) is 2.46. The summed E-state index contributed by atoms with van der Waals surface area (Å²) >= 11 is 0. The van der Waals surface area contributed by atoms with Crippen molar-refractivity contribution in [1.29, 1.82) is 0 Å². The second kappa shape index (κ2) is 7.88. The molecule has 0 radical (unpaired) electrons. The Balaban J connectivity index is 2.05. The molecule has 1 atom stereocenters. The van der Waals surface area contributed by atoms with E-state index in [-0.39, 0.29) is 18.8 Å². The summed E-state index contributed by atoms with van der Waals surface area (Å²) < 4.78 is 26.3. The van der Waals surface area contributed by atoms with Crippen LogP contribution in [-0.4, -0.2) is 19.0 Å². The smallest absolute Gasteiger partial charge is 0.248 e. The first kappa shape index (κ1) is 15.6. The van der Waals surface area contributed by atoms with Crippen LogP contribution in [0.4, 0.5) is 8.78 Å². The molecule has 0 saturated heterocycles. The highest BCUT2D eigenvalue weighted by atomic mass is 19.3. The molecule has 0 aromatic carbocycles. The van der Waals surface area contributed by atoms with Gasteiger partial charge in [-0.15, -0.1) is 0 Å². The molecule has 1 unspecified atom stereocenters. The van der Waals surface area contributed by atoms with Gasteiger partial charge in [-0.3, -0.25) is 0 Å². The molecule has 0 amide bonds. The minimum Gasteiger partial charge on any atom is -0.316 e. The first-order valence-electron chi connectivity index (χ1n) is 7.23. The van der Waals surface area contributed by atoms with Gasteiger partial charge >= 0.3 is 0 Å². The van der Waals surface area contributed by atoms with E-state index in [0.29, 0.717) is 12.3 Å². The van der Waals surface area contributed by atoms with E-state index < -0.39 is 5.92 Å². The molecule has 1 rings (SSSR count). The first-order valence-corrected chi connectivity index (χ1v) is 7.23. The summed E-state index contributed by atoms with van der Waals surface area (Å²) in [4.78, 5) is 0. The Bertz CT molecular complexity index is 249. The average Bonchev–Trinajstić information content (AvgIpc) is 2.26. The monoisotopic (exact) mass is 259 g/mol. The zero-order valence-corrected chi connectivity index (χ0v) is 11.7. The van der Waals surface area contributed by atoms with E-state index in [0.717, 1.165) is 32.4 Å². The summed E-state index contributed by atoms with van der Waals surface area (Å²) in [5.74, 6) is -1.54. The van der Waals surface area contributed by atoms with Crippen LogP contribution in [0.2, 0.25) is 0 Å². The van der Waals surface area contributed by atoms with Crippen LogP contribution in [0.5, 0.6) is 0 Å². The zero-order chi connectivity index (χ0) is 13.4. The number of hydrogen-bond acceptors (Lipinski definition) is 1. The molecule has 1 N–H and O–H groups in total. The minimum atomic E-state index is -2.41. The van der Waals surface area contributed by atoms with E-state index in [1.165, 1.54) is 0 Å². The quantitative estimate of drug-likeness (QED) is 0.528. The summed E-state index contributed by atoms with van der Waals surface area (Å²) in [5.41, 5.74) is 0. The van der Waals surface area contributed by atoms with E-state index >= 15 is 0 Å². The van der Waals surface area contributed by atoms with Gasteiger partial charge in [-0.1, -0.05) is 26.0 Å². The number of nitrogens with one attached hydrogen (secondary N) is 1. The molecule has 3 heteroatoms. The molecule has 1 saturated carbocycles. The van der Waals surface area contributed by atoms with Crippen molar-refractivity contribution in [3.63, 3.8) is 0 Å². The maximum Gasteiger partial charge on any atom is 0.248 e. The largest absolute Gasteiger partial charge is 0.316 e. The Hall–Kier alpha value is -0.440. The van der Waals surface area contributed by atoms with Crippen molar-refractivity contribution in [3.8, 4) is 0 Å². The van der Waals surface area contributed by atoms with Gasteiger partial charge in [-0.2, -0.15) is 0 Å². The molecule has 0 spiro atoms. The minimum absolute atomic E-state index is 0.0862. The highest BCUT2D eigenvalue weighted by Gasteiger charge is 2.35. The van der Waals surface area contributed by atoms with Gasteiger partial charge in [0.1, 0.15) is 0 Å². The third-order valence-corrected chi connectivity index (χ3v) is 3.42. The van der Waals surface area contributed by atoms with Gasteiger partial charge < -0.3 is 5.32 Å². The third kappa shape index (κ3) is 7.10. The van der Waals surface area contributed by atoms with Crippen LogP contribution < -0.4 is 5.32 Å². The molecular formula is C15H27F2N. The summed E-state index contributed by atoms with van der Waals surface area (Å²) in [6.45, 7) is 6.40. The van der Waals surface area contributed by atoms with E-state index in [9.17, 15) is 8.78 Å². The molecule has 0 aromatic rings. The van der Waals surface area contributed by atoms with Crippen molar-refractivity contribution in [2.24, 2.45) is 11.8 Å². The normalized spacial score (nSPS) is 23.9. The van der Waals surface area contributed by atoms with Crippen molar-refractivity contribution >= 4 is 0 Å². The second-order valence-corrected chi connectivity index (χ2v) is 5.91. The molecule has 1 aliphatic rings. The molecular weight excluding hydrogens is 232 g/mol. The Kier molecular flexibility index (Phi) is 6.83. The van der Waals surface area contributed by atoms with Crippen molar-refractivity contribution in [1.82, 2.24) is 5.32 Å². The SMILES string of the molecule is CC(C)CNCC/C=C/CC1CCCC(F)(F)C1. The van der Waals surface area contributed by atoms with Crippen molar-refractivity contribution in [3.05, 3.63) is 12.2 Å². The Morgan fingerprint density at radius 3 is 2.78 bits per heavy atom. The van der Waals surface area contributed by atoms with Crippen LogP contribution in [0.1, 0.15) is 52.4 Å². The van der Waals surface area contributed by atoms with Crippen LogP contribution in [0, 0.1) is 11.8 Å². The van der Waals surface area contributed by atoms with Gasteiger partial charge in [0.25, 0.3) is 0 Å². The standard InChI is InChI=1S/C15H27F2N/c1-13(2)12-18-10-5-3-4-7-14-8-6-9-15(16,17)11-14/h3-4,13-14,18H,5-12H2,1-2H3/b4-3+. The Morgan fingerprint density at radius 1 is 1.33 bits per heavy atom. The topological polar surface area (TPSA) is 12.0 Å². The molecule has 0 bridgehead atoms. The Labute approximate surface area is 110 Å². The lowest BCUT2D eigenvalue weighted by atomic mass is 9.84. The van der Waals surface area contributed by atoms with Crippen LogP contribution in [0.3, 0.4) is 0 Å². The maximum absolute atomic E-state index is 13.2. The van der Waals surface area contributed by atoms with Crippen LogP contribution >= 0.6 is 0 Å². The van der Waals surface area contributed by atoms with Crippen molar-refractivity contribution < 1.29 is 8.78 Å². The summed E-state index contributed by atoms with van der Waals surface area (Å²) in [7, 11) is 0. The molecule has 1 fully saturated rings. The summed E-state index contributed by atoms with van der Waals surface area (Å²) in [6, 6.07) is 0. The van der Waals surface area contributed by atoms with Crippen LogP contribution in [0.15, 0.2) is 12.2 Å².